The summed E-state index contributed by atoms with van der Waals surface area (Å²) in [5, 5.41) is 17.6. The van der Waals surface area contributed by atoms with Gasteiger partial charge in [0.1, 0.15) is 6.04 Å². The lowest BCUT2D eigenvalue weighted by Gasteiger charge is -2.14. The van der Waals surface area contributed by atoms with E-state index in [2.05, 4.69) is 0 Å². The van der Waals surface area contributed by atoms with Gasteiger partial charge in [-0.25, -0.2) is 0 Å². The largest absolute Gasteiger partial charge is 0.481 e. The van der Waals surface area contributed by atoms with E-state index in [1.807, 2.05) is 30.3 Å². The van der Waals surface area contributed by atoms with Crippen molar-refractivity contribution in [2.45, 2.75) is 12.5 Å². The number of rotatable bonds is 6. The monoisotopic (exact) mass is 249 g/mol. The van der Waals surface area contributed by atoms with Crippen LogP contribution in [0.1, 0.15) is 12.0 Å². The van der Waals surface area contributed by atoms with Gasteiger partial charge in [0, 0.05) is 0 Å². The lowest BCUT2D eigenvalue weighted by atomic mass is 9.96. The first-order valence-corrected chi connectivity index (χ1v) is 5.45. The van der Waals surface area contributed by atoms with Crippen LogP contribution in [0.2, 0.25) is 0 Å². The van der Waals surface area contributed by atoms with Crippen LogP contribution in [0, 0.1) is 5.92 Å². The zero-order valence-electron chi connectivity index (χ0n) is 9.69. The van der Waals surface area contributed by atoms with Crippen LogP contribution in [0.3, 0.4) is 0 Å². The maximum atomic E-state index is 10.9. The zero-order chi connectivity index (χ0) is 13.5. The lowest BCUT2D eigenvalue weighted by Crippen LogP contribution is -2.41. The van der Waals surface area contributed by atoms with Crippen molar-refractivity contribution in [2.75, 3.05) is 0 Å². The molecule has 96 valence electrons. The average molecular weight is 249 g/mol. The van der Waals surface area contributed by atoms with Gasteiger partial charge in [-0.15, -0.1) is 0 Å². The van der Waals surface area contributed by atoms with E-state index in [4.69, 9.17) is 15.9 Å². The molecule has 0 bridgehead atoms. The number of hydrogen-bond donors (Lipinski definition) is 3. The maximum Gasteiger partial charge on any atom is 0.321 e. The van der Waals surface area contributed by atoms with Crippen molar-refractivity contribution in [3.05, 3.63) is 42.0 Å². The normalized spacial score (nSPS) is 14.3. The number of carboxylic acid groups (broad SMARTS) is 2. The third-order valence-corrected chi connectivity index (χ3v) is 2.54. The quantitative estimate of drug-likeness (QED) is 0.703. The van der Waals surface area contributed by atoms with Crippen LogP contribution < -0.4 is 5.73 Å². The van der Waals surface area contributed by atoms with E-state index < -0.39 is 23.9 Å². The van der Waals surface area contributed by atoms with Crippen molar-refractivity contribution < 1.29 is 19.8 Å². The van der Waals surface area contributed by atoms with Gasteiger partial charge >= 0.3 is 11.9 Å². The molecule has 1 aromatic carbocycles. The third-order valence-electron chi connectivity index (χ3n) is 2.54. The minimum Gasteiger partial charge on any atom is -0.481 e. The van der Waals surface area contributed by atoms with E-state index in [1.54, 1.807) is 12.2 Å². The van der Waals surface area contributed by atoms with Crippen LogP contribution in [0.5, 0.6) is 0 Å². The van der Waals surface area contributed by atoms with E-state index in [-0.39, 0.29) is 6.42 Å². The molecule has 0 radical (unpaired) electrons. The number of allylic oxidation sites excluding steroid dienone is 1. The summed E-state index contributed by atoms with van der Waals surface area (Å²) in [6, 6.07) is 7.92. The molecule has 0 aliphatic heterocycles. The number of carbonyl (C=O) groups is 2. The zero-order valence-corrected chi connectivity index (χ0v) is 9.69. The van der Waals surface area contributed by atoms with Gasteiger partial charge in [0.25, 0.3) is 0 Å². The molecule has 0 saturated carbocycles. The summed E-state index contributed by atoms with van der Waals surface area (Å²) in [5.41, 5.74) is 6.25. The number of nitrogens with two attached hydrogens (primary N) is 1. The van der Waals surface area contributed by atoms with Gasteiger partial charge in [0.2, 0.25) is 0 Å². The Morgan fingerprint density at radius 3 is 2.28 bits per heavy atom. The Kier molecular flexibility index (Phi) is 5.07. The van der Waals surface area contributed by atoms with Gasteiger partial charge in [-0.05, 0) is 12.0 Å². The Morgan fingerprint density at radius 2 is 1.78 bits per heavy atom. The summed E-state index contributed by atoms with van der Waals surface area (Å²) in [6.45, 7) is 0. The van der Waals surface area contributed by atoms with Crippen LogP contribution in [-0.2, 0) is 9.59 Å². The highest BCUT2D eigenvalue weighted by Gasteiger charge is 2.29. The standard InChI is InChI=1S/C13H15NO4/c14-11(13(17)18)10(12(15)16)8-4-7-9-5-2-1-3-6-9/h1-7,10-11H,8,14H2,(H,15,16)(H,17,18)/b7-4+/t10?,11-/m0/s1. The van der Waals surface area contributed by atoms with Crippen molar-refractivity contribution in [1.29, 1.82) is 0 Å². The fourth-order valence-corrected chi connectivity index (χ4v) is 1.49. The fraction of sp³-hybridized carbons (Fsp3) is 0.231. The third kappa shape index (κ3) is 4.03. The van der Waals surface area contributed by atoms with Gasteiger partial charge in [0.05, 0.1) is 5.92 Å². The Hall–Kier alpha value is -2.14. The Labute approximate surface area is 105 Å². The van der Waals surface area contributed by atoms with Crippen LogP contribution in [0.25, 0.3) is 6.08 Å². The molecule has 1 unspecified atom stereocenters. The summed E-state index contributed by atoms with van der Waals surface area (Å²) in [6.07, 6.45) is 3.44. The number of carboxylic acids is 2. The summed E-state index contributed by atoms with van der Waals surface area (Å²) < 4.78 is 0. The lowest BCUT2D eigenvalue weighted by molar-refractivity contribution is -0.149. The fourth-order valence-electron chi connectivity index (χ4n) is 1.49. The molecule has 5 heteroatoms. The second-order valence-electron chi connectivity index (χ2n) is 3.86. The first kappa shape index (κ1) is 13.9. The van der Waals surface area contributed by atoms with Crippen molar-refractivity contribution in [3.63, 3.8) is 0 Å². The van der Waals surface area contributed by atoms with E-state index in [9.17, 15) is 9.59 Å². The molecule has 0 aromatic heterocycles. The molecule has 0 heterocycles. The van der Waals surface area contributed by atoms with Crippen molar-refractivity contribution in [1.82, 2.24) is 0 Å². The van der Waals surface area contributed by atoms with Gasteiger partial charge in [0.15, 0.2) is 0 Å². The summed E-state index contributed by atoms with van der Waals surface area (Å²) in [5.74, 6) is -3.64. The average Bonchev–Trinajstić information content (AvgIpc) is 2.34. The molecule has 0 aliphatic rings. The number of benzene rings is 1. The van der Waals surface area contributed by atoms with Gasteiger partial charge in [-0.1, -0.05) is 42.5 Å². The second kappa shape index (κ2) is 6.56. The number of aliphatic carboxylic acids is 2. The predicted octanol–water partition coefficient (Wildman–Crippen LogP) is 1.20. The molecule has 2 atom stereocenters. The molecular formula is C13H15NO4. The van der Waals surface area contributed by atoms with Crippen molar-refractivity contribution in [2.24, 2.45) is 11.7 Å². The molecule has 5 nitrogen and oxygen atoms in total. The summed E-state index contributed by atoms with van der Waals surface area (Å²) in [4.78, 5) is 21.6. The molecule has 18 heavy (non-hydrogen) atoms. The van der Waals surface area contributed by atoms with Crippen LogP contribution in [-0.4, -0.2) is 28.2 Å². The van der Waals surface area contributed by atoms with Crippen LogP contribution in [0.15, 0.2) is 36.4 Å². The highest BCUT2D eigenvalue weighted by molar-refractivity contribution is 5.82. The van der Waals surface area contributed by atoms with Gasteiger partial charge in [-0.2, -0.15) is 0 Å². The van der Waals surface area contributed by atoms with Crippen LogP contribution in [0.4, 0.5) is 0 Å². The Morgan fingerprint density at radius 1 is 1.17 bits per heavy atom. The highest BCUT2D eigenvalue weighted by Crippen LogP contribution is 2.11. The van der Waals surface area contributed by atoms with Gasteiger partial charge in [-0.3, -0.25) is 9.59 Å². The predicted molar refractivity (Wildman–Crippen MR) is 66.8 cm³/mol. The minimum absolute atomic E-state index is 0.0810. The van der Waals surface area contributed by atoms with E-state index in [0.29, 0.717) is 0 Å². The van der Waals surface area contributed by atoms with E-state index in [1.165, 1.54) is 0 Å². The molecule has 4 N–H and O–H groups in total. The highest BCUT2D eigenvalue weighted by atomic mass is 16.4. The molecule has 0 spiro atoms. The maximum absolute atomic E-state index is 10.9. The first-order chi connectivity index (χ1) is 8.52. The molecule has 1 rings (SSSR count). The Balaban J connectivity index is 2.66. The molecule has 0 amide bonds. The van der Waals surface area contributed by atoms with Crippen molar-refractivity contribution >= 4 is 18.0 Å². The molecular weight excluding hydrogens is 234 g/mol. The number of hydrogen-bond acceptors (Lipinski definition) is 3. The van der Waals surface area contributed by atoms with E-state index >= 15 is 0 Å². The molecule has 0 saturated heterocycles. The molecule has 0 aliphatic carbocycles. The summed E-state index contributed by atoms with van der Waals surface area (Å²) >= 11 is 0. The van der Waals surface area contributed by atoms with E-state index in [0.717, 1.165) is 5.56 Å². The van der Waals surface area contributed by atoms with Crippen molar-refractivity contribution in [3.8, 4) is 0 Å². The molecule has 1 aromatic rings. The topological polar surface area (TPSA) is 101 Å². The Bertz CT molecular complexity index is 442. The van der Waals surface area contributed by atoms with Gasteiger partial charge < -0.3 is 15.9 Å². The minimum atomic E-state index is -1.40. The smallest absolute Gasteiger partial charge is 0.321 e. The second-order valence-corrected chi connectivity index (χ2v) is 3.86. The SMILES string of the molecule is N[C@H](C(=O)O)C(C/C=C/c1ccccc1)C(=O)O. The van der Waals surface area contributed by atoms with Crippen LogP contribution >= 0.6 is 0 Å². The first-order valence-electron chi connectivity index (χ1n) is 5.45. The molecule has 0 fully saturated rings. The summed E-state index contributed by atoms with van der Waals surface area (Å²) in [7, 11) is 0.